The van der Waals surface area contributed by atoms with Gasteiger partial charge in [0.1, 0.15) is 12.4 Å². The molecule has 2 fully saturated rings. The van der Waals surface area contributed by atoms with E-state index in [0.717, 1.165) is 4.31 Å². The van der Waals surface area contributed by atoms with Gasteiger partial charge in [0.15, 0.2) is 5.79 Å². The van der Waals surface area contributed by atoms with E-state index in [1.807, 2.05) is 0 Å². The number of hydrogen-bond acceptors (Lipinski definition) is 9. The van der Waals surface area contributed by atoms with Gasteiger partial charge in [0.05, 0.1) is 49.1 Å². The van der Waals surface area contributed by atoms with Crippen LogP contribution in [0.1, 0.15) is 33.6 Å². The lowest BCUT2D eigenvalue weighted by Crippen LogP contribution is -2.55. The summed E-state index contributed by atoms with van der Waals surface area (Å²) >= 11 is 3.27. The quantitative estimate of drug-likeness (QED) is 0.430. The average molecular weight is 524 g/mol. The van der Waals surface area contributed by atoms with Gasteiger partial charge < -0.3 is 23.7 Å². The summed E-state index contributed by atoms with van der Waals surface area (Å²) in [6.07, 6.45) is 0.418. The van der Waals surface area contributed by atoms with Crippen molar-refractivity contribution < 1.29 is 46.2 Å². The maximum absolute atomic E-state index is 12.1. The van der Waals surface area contributed by atoms with Crippen molar-refractivity contribution in [2.45, 2.75) is 24.7 Å². The van der Waals surface area contributed by atoms with Crippen LogP contribution >= 0.6 is 15.9 Å². The summed E-state index contributed by atoms with van der Waals surface area (Å²) in [5.41, 5.74) is -0.112. The lowest BCUT2D eigenvalue weighted by molar-refractivity contribution is -0.191. The van der Waals surface area contributed by atoms with Crippen LogP contribution in [0.25, 0.3) is 0 Å². The fourth-order valence-electron chi connectivity index (χ4n) is 3.64. The number of piperidine rings is 1. The highest BCUT2D eigenvalue weighted by Crippen LogP contribution is 2.36. The van der Waals surface area contributed by atoms with Crippen molar-refractivity contribution in [2.24, 2.45) is 0 Å². The molecule has 0 bridgehead atoms. The van der Waals surface area contributed by atoms with E-state index in [0.29, 0.717) is 17.7 Å². The van der Waals surface area contributed by atoms with Crippen molar-refractivity contribution in [3.8, 4) is 5.75 Å². The Bertz CT molecular complexity index is 960. The van der Waals surface area contributed by atoms with E-state index in [-0.39, 0.29) is 42.9 Å². The van der Waals surface area contributed by atoms with Crippen LogP contribution in [0.15, 0.2) is 16.6 Å². The first kappa shape index (κ1) is 23.9. The zero-order valence-electron chi connectivity index (χ0n) is 16.8. The monoisotopic (exact) mass is 523 g/mol. The molecule has 31 heavy (non-hydrogen) atoms. The molecule has 1 N–H and O–H groups in total. The first-order chi connectivity index (χ1) is 14.6. The van der Waals surface area contributed by atoms with Gasteiger partial charge in [-0.25, -0.2) is 9.59 Å². The van der Waals surface area contributed by atoms with Crippen LogP contribution in [0.3, 0.4) is 0 Å². The summed E-state index contributed by atoms with van der Waals surface area (Å²) < 4.78 is 61.0. The molecule has 0 aliphatic carbocycles. The maximum Gasteiger partial charge on any atom is 0.338 e. The number of nitrogens with zero attached hydrogens (tertiary/aromatic N) is 1. The van der Waals surface area contributed by atoms with Crippen molar-refractivity contribution in [2.75, 3.05) is 40.6 Å². The predicted octanol–water partition coefficient (Wildman–Crippen LogP) is 1.41. The molecule has 0 unspecified atom stereocenters. The molecule has 0 radical (unpaired) electrons. The third kappa shape index (κ3) is 5.18. The van der Waals surface area contributed by atoms with Crippen molar-refractivity contribution >= 4 is 38.2 Å². The summed E-state index contributed by atoms with van der Waals surface area (Å²) in [6, 6.07) is 1.84. The largest absolute Gasteiger partial charge is 0.491 e. The average Bonchev–Trinajstić information content (AvgIpc) is 3.18. The highest BCUT2D eigenvalue weighted by atomic mass is 79.9. The van der Waals surface area contributed by atoms with Crippen molar-refractivity contribution in [1.29, 1.82) is 0 Å². The topological polar surface area (TPSA) is 138 Å². The third-order valence-electron chi connectivity index (χ3n) is 5.09. The normalized spacial score (nSPS) is 21.1. The van der Waals surface area contributed by atoms with Gasteiger partial charge in [0, 0.05) is 19.4 Å². The minimum Gasteiger partial charge on any atom is -0.491 e. The molecule has 2 heterocycles. The first-order valence-electron chi connectivity index (χ1n) is 9.25. The molecule has 11 nitrogen and oxygen atoms in total. The number of benzene rings is 1. The molecule has 0 saturated carbocycles. The Labute approximate surface area is 187 Å². The van der Waals surface area contributed by atoms with Crippen LogP contribution in [-0.4, -0.2) is 81.6 Å². The summed E-state index contributed by atoms with van der Waals surface area (Å²) in [5.74, 6) is -2.29. The molecular formula is C18H22BrNO10S. The van der Waals surface area contributed by atoms with E-state index in [9.17, 15) is 22.6 Å². The predicted molar refractivity (Wildman–Crippen MR) is 108 cm³/mol. The molecule has 172 valence electrons. The zero-order chi connectivity index (χ0) is 22.8. The fraction of sp³-hybridized carbons (Fsp3) is 0.556. The van der Waals surface area contributed by atoms with Gasteiger partial charge in [0.25, 0.3) is 0 Å². The van der Waals surface area contributed by atoms with E-state index >= 15 is 0 Å². The Hall–Kier alpha value is -1.77. The molecule has 0 aromatic heterocycles. The number of ether oxygens (including phenoxy) is 5. The molecule has 0 amide bonds. The van der Waals surface area contributed by atoms with Gasteiger partial charge in [0.2, 0.25) is 0 Å². The molecule has 3 rings (SSSR count). The lowest BCUT2D eigenvalue weighted by Gasteiger charge is -2.41. The third-order valence-corrected chi connectivity index (χ3v) is 6.78. The van der Waals surface area contributed by atoms with E-state index < -0.39 is 34.1 Å². The van der Waals surface area contributed by atoms with E-state index in [1.54, 1.807) is 0 Å². The summed E-state index contributed by atoms with van der Waals surface area (Å²) in [7, 11) is -2.14. The van der Waals surface area contributed by atoms with Crippen LogP contribution in [-0.2, 0) is 29.3 Å². The van der Waals surface area contributed by atoms with E-state index in [4.69, 9.17) is 18.9 Å². The number of esters is 2. The van der Waals surface area contributed by atoms with Gasteiger partial charge in [-0.1, -0.05) is 0 Å². The smallest absolute Gasteiger partial charge is 0.338 e. The van der Waals surface area contributed by atoms with E-state index in [2.05, 4.69) is 20.7 Å². The number of carbonyl (C=O) groups excluding carboxylic acids is 2. The summed E-state index contributed by atoms with van der Waals surface area (Å²) in [5, 5.41) is 0. The maximum atomic E-state index is 12.1. The van der Waals surface area contributed by atoms with Crippen LogP contribution in [0.2, 0.25) is 0 Å². The van der Waals surface area contributed by atoms with Crippen LogP contribution in [0, 0.1) is 0 Å². The van der Waals surface area contributed by atoms with Crippen molar-refractivity contribution in [1.82, 2.24) is 4.31 Å². The molecule has 1 aromatic rings. The molecule has 2 aliphatic heterocycles. The molecule has 2 aliphatic rings. The Morgan fingerprint density at radius 1 is 1.19 bits per heavy atom. The van der Waals surface area contributed by atoms with Gasteiger partial charge in [-0.05, 0) is 28.1 Å². The highest BCUT2D eigenvalue weighted by molar-refractivity contribution is 9.10. The Balaban J connectivity index is 1.86. The van der Waals surface area contributed by atoms with Crippen molar-refractivity contribution in [3.63, 3.8) is 0 Å². The molecule has 1 spiro atoms. The van der Waals surface area contributed by atoms with Crippen LogP contribution in [0.4, 0.5) is 0 Å². The van der Waals surface area contributed by atoms with Gasteiger partial charge in [-0.15, -0.1) is 0 Å². The first-order valence-corrected chi connectivity index (χ1v) is 11.4. The molecular weight excluding hydrogens is 502 g/mol. The second-order valence-corrected chi connectivity index (χ2v) is 9.15. The van der Waals surface area contributed by atoms with Crippen LogP contribution < -0.4 is 4.74 Å². The van der Waals surface area contributed by atoms with Gasteiger partial charge in [-0.2, -0.15) is 12.7 Å². The second kappa shape index (κ2) is 9.38. The zero-order valence-corrected chi connectivity index (χ0v) is 19.2. The summed E-state index contributed by atoms with van der Waals surface area (Å²) in [6.45, 7) is 0.596. The minimum absolute atomic E-state index is 0.0112. The number of halogens is 1. The lowest BCUT2D eigenvalue weighted by atomic mass is 9.98. The number of carbonyl (C=O) groups is 2. The number of hydrogen-bond donors (Lipinski definition) is 1. The Morgan fingerprint density at radius 3 is 2.32 bits per heavy atom. The number of methoxy groups -OCH3 is 2. The van der Waals surface area contributed by atoms with Gasteiger partial charge >= 0.3 is 22.2 Å². The Morgan fingerprint density at radius 2 is 1.77 bits per heavy atom. The highest BCUT2D eigenvalue weighted by Gasteiger charge is 2.47. The number of rotatable bonds is 6. The SMILES string of the molecule is COC(=O)c1cc(Br)c(OC[C@H]2CC3(CCN2S(=O)(=O)O)OCCO3)cc1C(=O)OC. The molecule has 1 atom stereocenters. The van der Waals surface area contributed by atoms with Crippen LogP contribution in [0.5, 0.6) is 5.75 Å². The molecule has 13 heteroatoms. The molecule has 1 aromatic carbocycles. The van der Waals surface area contributed by atoms with Gasteiger partial charge in [-0.3, -0.25) is 4.55 Å². The standard InChI is InChI=1S/C18H22BrNO10S/c1-26-16(21)12-7-14(19)15(8-13(12)17(22)27-2)28-10-11-9-18(29-5-6-30-18)3-4-20(11)31(23,24)25/h7-8,11H,3-6,9-10H2,1-2H3,(H,23,24,25)/t11-/m1/s1. The Kier molecular flexibility index (Phi) is 7.23. The fourth-order valence-corrected chi connectivity index (χ4v) is 4.93. The minimum atomic E-state index is -4.49. The van der Waals surface area contributed by atoms with E-state index in [1.165, 1.54) is 26.4 Å². The van der Waals surface area contributed by atoms with Crippen molar-refractivity contribution in [3.05, 3.63) is 27.7 Å². The second-order valence-electron chi connectivity index (χ2n) is 6.93. The summed E-state index contributed by atoms with van der Waals surface area (Å²) in [4.78, 5) is 24.1. The molecule has 2 saturated heterocycles.